The van der Waals surface area contributed by atoms with Crippen LogP contribution in [0.3, 0.4) is 0 Å². The van der Waals surface area contributed by atoms with Gasteiger partial charge in [0.05, 0.1) is 0 Å². The molecule has 1 fully saturated rings. The van der Waals surface area contributed by atoms with Crippen molar-refractivity contribution >= 4 is 23.5 Å². The van der Waals surface area contributed by atoms with Crippen molar-refractivity contribution in [2.45, 2.75) is 11.8 Å². The number of nitrogens with one attached hydrogen (secondary N) is 1. The van der Waals surface area contributed by atoms with Crippen molar-refractivity contribution < 1.29 is 9.47 Å². The first-order valence-corrected chi connectivity index (χ1v) is 8.41. The SMILES string of the molecule is c1cc2c(cc1CNCC1CSCCS1)OCO2. The average Bonchev–Trinajstić information content (AvgIpc) is 2.87. The number of rotatable bonds is 4. The summed E-state index contributed by atoms with van der Waals surface area (Å²) in [5, 5.41) is 4.29. The van der Waals surface area contributed by atoms with Gasteiger partial charge < -0.3 is 14.8 Å². The molecule has 1 N–H and O–H groups in total. The van der Waals surface area contributed by atoms with Crippen molar-refractivity contribution in [3.63, 3.8) is 0 Å². The van der Waals surface area contributed by atoms with Gasteiger partial charge in [-0.2, -0.15) is 23.5 Å². The van der Waals surface area contributed by atoms with Gasteiger partial charge >= 0.3 is 0 Å². The summed E-state index contributed by atoms with van der Waals surface area (Å²) in [5.41, 5.74) is 1.26. The standard InChI is InChI=1S/C13H17NO2S2/c1-2-12-13(16-9-15-12)5-10(1)6-14-7-11-8-17-3-4-18-11/h1-2,5,11,14H,3-4,6-9H2. The Morgan fingerprint density at radius 2 is 2.17 bits per heavy atom. The molecule has 2 heterocycles. The smallest absolute Gasteiger partial charge is 0.231 e. The van der Waals surface area contributed by atoms with Crippen LogP contribution in [0.25, 0.3) is 0 Å². The van der Waals surface area contributed by atoms with Gasteiger partial charge in [0, 0.05) is 35.6 Å². The van der Waals surface area contributed by atoms with E-state index in [0.717, 1.165) is 29.8 Å². The van der Waals surface area contributed by atoms with E-state index in [2.05, 4.69) is 41.0 Å². The fourth-order valence-corrected chi connectivity index (χ4v) is 4.73. The Balaban J connectivity index is 1.48. The summed E-state index contributed by atoms with van der Waals surface area (Å²) >= 11 is 4.16. The van der Waals surface area contributed by atoms with Crippen LogP contribution in [-0.4, -0.2) is 35.8 Å². The molecule has 3 nitrogen and oxygen atoms in total. The molecule has 98 valence electrons. The molecule has 3 rings (SSSR count). The normalized spacial score (nSPS) is 22.1. The van der Waals surface area contributed by atoms with Gasteiger partial charge in [0.25, 0.3) is 0 Å². The highest BCUT2D eigenvalue weighted by molar-refractivity contribution is 8.06. The van der Waals surface area contributed by atoms with E-state index in [-0.39, 0.29) is 0 Å². The van der Waals surface area contributed by atoms with Crippen LogP contribution in [0.5, 0.6) is 11.5 Å². The van der Waals surface area contributed by atoms with Crippen LogP contribution in [0.15, 0.2) is 18.2 Å². The van der Waals surface area contributed by atoms with E-state index in [1.165, 1.54) is 22.8 Å². The highest BCUT2D eigenvalue weighted by Gasteiger charge is 2.15. The predicted octanol–water partition coefficient (Wildman–Crippen LogP) is 2.35. The molecule has 0 amide bonds. The second kappa shape index (κ2) is 6.08. The zero-order valence-corrected chi connectivity index (χ0v) is 11.8. The molecule has 18 heavy (non-hydrogen) atoms. The molecular formula is C13H17NO2S2. The molecule has 2 aliphatic rings. The first-order chi connectivity index (χ1) is 8.92. The summed E-state index contributed by atoms with van der Waals surface area (Å²) in [7, 11) is 0. The van der Waals surface area contributed by atoms with Crippen LogP contribution < -0.4 is 14.8 Å². The topological polar surface area (TPSA) is 30.5 Å². The van der Waals surface area contributed by atoms with Gasteiger partial charge in [-0.15, -0.1) is 0 Å². The molecule has 0 aliphatic carbocycles. The minimum absolute atomic E-state index is 0.349. The summed E-state index contributed by atoms with van der Waals surface area (Å²) in [6.07, 6.45) is 0. The third-order valence-electron chi connectivity index (χ3n) is 3.02. The molecule has 0 saturated carbocycles. The fraction of sp³-hybridized carbons (Fsp3) is 0.538. The number of hydrogen-bond acceptors (Lipinski definition) is 5. The van der Waals surface area contributed by atoms with Gasteiger partial charge in [-0.25, -0.2) is 0 Å². The van der Waals surface area contributed by atoms with Crippen molar-refractivity contribution in [3.8, 4) is 11.5 Å². The van der Waals surface area contributed by atoms with Crippen molar-refractivity contribution in [1.29, 1.82) is 0 Å². The van der Waals surface area contributed by atoms with Gasteiger partial charge in [-0.05, 0) is 17.7 Å². The Labute approximate surface area is 116 Å². The van der Waals surface area contributed by atoms with Gasteiger partial charge in [-0.1, -0.05) is 6.07 Å². The second-order valence-electron chi connectivity index (χ2n) is 4.39. The number of thioether (sulfide) groups is 2. The number of fused-ring (bicyclic) bond motifs is 1. The molecule has 1 atom stereocenters. The minimum Gasteiger partial charge on any atom is -0.454 e. The largest absolute Gasteiger partial charge is 0.454 e. The molecule has 1 aromatic carbocycles. The molecule has 0 aromatic heterocycles. The van der Waals surface area contributed by atoms with Crippen molar-refractivity contribution in [2.24, 2.45) is 0 Å². The van der Waals surface area contributed by atoms with Crippen molar-refractivity contribution in [2.75, 3.05) is 30.6 Å². The second-order valence-corrected chi connectivity index (χ2v) is 6.94. The third kappa shape index (κ3) is 3.08. The lowest BCUT2D eigenvalue weighted by Gasteiger charge is -2.21. The minimum atomic E-state index is 0.349. The van der Waals surface area contributed by atoms with E-state index in [9.17, 15) is 0 Å². The average molecular weight is 283 g/mol. The number of benzene rings is 1. The molecule has 1 unspecified atom stereocenters. The maximum absolute atomic E-state index is 5.38. The predicted molar refractivity (Wildman–Crippen MR) is 77.8 cm³/mol. The fourth-order valence-electron chi connectivity index (χ4n) is 2.08. The van der Waals surface area contributed by atoms with Crippen LogP contribution in [0.1, 0.15) is 5.56 Å². The summed E-state index contributed by atoms with van der Waals surface area (Å²) in [6, 6.07) is 6.16. The zero-order valence-electron chi connectivity index (χ0n) is 10.2. The van der Waals surface area contributed by atoms with E-state index in [0.29, 0.717) is 6.79 Å². The van der Waals surface area contributed by atoms with E-state index >= 15 is 0 Å². The van der Waals surface area contributed by atoms with E-state index in [4.69, 9.17) is 9.47 Å². The number of hydrogen-bond donors (Lipinski definition) is 1. The third-order valence-corrected chi connectivity index (χ3v) is 5.87. The lowest BCUT2D eigenvalue weighted by Crippen LogP contribution is -2.28. The van der Waals surface area contributed by atoms with Gasteiger partial charge in [0.1, 0.15) is 0 Å². The van der Waals surface area contributed by atoms with Crippen LogP contribution >= 0.6 is 23.5 Å². The Morgan fingerprint density at radius 1 is 1.22 bits per heavy atom. The molecule has 0 radical (unpaired) electrons. The summed E-state index contributed by atoms with van der Waals surface area (Å²) in [5.74, 6) is 5.61. The number of ether oxygens (including phenoxy) is 2. The van der Waals surface area contributed by atoms with Crippen LogP contribution in [0, 0.1) is 0 Å². The van der Waals surface area contributed by atoms with E-state index < -0.39 is 0 Å². The molecule has 1 aromatic rings. The molecule has 0 spiro atoms. The summed E-state index contributed by atoms with van der Waals surface area (Å²) in [6.45, 7) is 2.34. The van der Waals surface area contributed by atoms with Gasteiger partial charge in [0.2, 0.25) is 6.79 Å². The van der Waals surface area contributed by atoms with Crippen LogP contribution in [0.2, 0.25) is 0 Å². The monoisotopic (exact) mass is 283 g/mol. The maximum atomic E-state index is 5.38. The Bertz CT molecular complexity index is 408. The molecule has 5 heteroatoms. The van der Waals surface area contributed by atoms with Crippen LogP contribution in [0.4, 0.5) is 0 Å². The van der Waals surface area contributed by atoms with Gasteiger partial charge in [-0.3, -0.25) is 0 Å². The summed E-state index contributed by atoms with van der Waals surface area (Å²) in [4.78, 5) is 0. The molecule has 1 saturated heterocycles. The van der Waals surface area contributed by atoms with E-state index in [1.54, 1.807) is 0 Å². The highest BCUT2D eigenvalue weighted by Crippen LogP contribution is 2.32. The quantitative estimate of drug-likeness (QED) is 0.916. The van der Waals surface area contributed by atoms with Crippen LogP contribution in [-0.2, 0) is 6.54 Å². The zero-order chi connectivity index (χ0) is 12.2. The Kier molecular flexibility index (Phi) is 4.23. The van der Waals surface area contributed by atoms with Crippen molar-refractivity contribution in [1.82, 2.24) is 5.32 Å². The van der Waals surface area contributed by atoms with Gasteiger partial charge in [0.15, 0.2) is 11.5 Å². The Hall–Kier alpha value is -0.520. The highest BCUT2D eigenvalue weighted by atomic mass is 32.2. The molecule has 0 bridgehead atoms. The van der Waals surface area contributed by atoms with Crippen molar-refractivity contribution in [3.05, 3.63) is 23.8 Å². The first-order valence-electron chi connectivity index (χ1n) is 6.20. The lowest BCUT2D eigenvalue weighted by molar-refractivity contribution is 0.174. The Morgan fingerprint density at radius 3 is 3.06 bits per heavy atom. The summed E-state index contributed by atoms with van der Waals surface area (Å²) < 4.78 is 10.7. The first kappa shape index (κ1) is 12.5. The van der Waals surface area contributed by atoms with E-state index in [1.807, 2.05) is 6.07 Å². The molecular weight excluding hydrogens is 266 g/mol. The maximum Gasteiger partial charge on any atom is 0.231 e. The molecule has 2 aliphatic heterocycles. The lowest BCUT2D eigenvalue weighted by atomic mass is 10.2.